The van der Waals surface area contributed by atoms with Gasteiger partial charge in [-0.2, -0.15) is 0 Å². The molecule has 0 saturated heterocycles. The van der Waals surface area contributed by atoms with Gasteiger partial charge in [0, 0.05) is 30.3 Å². The minimum Gasteiger partial charge on any atom is -0.454 e. The van der Waals surface area contributed by atoms with Crippen LogP contribution in [0.5, 0.6) is 11.5 Å². The van der Waals surface area contributed by atoms with Crippen LogP contribution in [0.25, 0.3) is 0 Å². The van der Waals surface area contributed by atoms with E-state index in [9.17, 15) is 13.2 Å². The molecule has 1 N–H and O–H groups in total. The maximum absolute atomic E-state index is 13.9. The van der Waals surface area contributed by atoms with E-state index >= 15 is 0 Å². The summed E-state index contributed by atoms with van der Waals surface area (Å²) < 4.78 is 45.6. The molecule has 0 radical (unpaired) electrons. The molecule has 0 heterocycles. The van der Waals surface area contributed by atoms with E-state index in [0.29, 0.717) is 12.1 Å². The van der Waals surface area contributed by atoms with Crippen LogP contribution < -0.4 is 10.1 Å². The van der Waals surface area contributed by atoms with E-state index in [-0.39, 0.29) is 11.5 Å². The SMILES string of the molecule is CCCNCc1cccc(F)c1Oc1cc(F)cc(F)c1. The van der Waals surface area contributed by atoms with E-state index in [2.05, 4.69) is 5.32 Å². The molecule has 0 bridgehead atoms. The summed E-state index contributed by atoms with van der Waals surface area (Å²) in [5, 5.41) is 3.13. The fourth-order valence-corrected chi connectivity index (χ4v) is 1.91. The Morgan fingerprint density at radius 1 is 1.05 bits per heavy atom. The minimum atomic E-state index is -0.771. The van der Waals surface area contributed by atoms with Crippen LogP contribution in [0.2, 0.25) is 0 Å². The van der Waals surface area contributed by atoms with Gasteiger partial charge in [0.15, 0.2) is 11.6 Å². The van der Waals surface area contributed by atoms with Crippen molar-refractivity contribution in [3.63, 3.8) is 0 Å². The number of ether oxygens (including phenoxy) is 1. The molecule has 0 saturated carbocycles. The predicted molar refractivity (Wildman–Crippen MR) is 74.8 cm³/mol. The van der Waals surface area contributed by atoms with Crippen molar-refractivity contribution < 1.29 is 17.9 Å². The summed E-state index contributed by atoms with van der Waals surface area (Å²) in [6.45, 7) is 3.22. The van der Waals surface area contributed by atoms with Gasteiger partial charge in [-0.05, 0) is 19.0 Å². The molecule has 0 fully saturated rings. The third-order valence-corrected chi connectivity index (χ3v) is 2.85. The Balaban J connectivity index is 2.25. The summed E-state index contributed by atoms with van der Waals surface area (Å²) in [7, 11) is 0. The van der Waals surface area contributed by atoms with E-state index in [1.54, 1.807) is 12.1 Å². The summed E-state index contributed by atoms with van der Waals surface area (Å²) in [4.78, 5) is 0. The molecule has 0 spiro atoms. The molecule has 5 heteroatoms. The number of rotatable bonds is 6. The molecule has 0 aliphatic rings. The molecular formula is C16H16F3NO. The van der Waals surface area contributed by atoms with Gasteiger partial charge in [-0.3, -0.25) is 0 Å². The van der Waals surface area contributed by atoms with Gasteiger partial charge in [0.1, 0.15) is 17.4 Å². The van der Waals surface area contributed by atoms with Gasteiger partial charge in [0.05, 0.1) is 0 Å². The number of halogens is 3. The van der Waals surface area contributed by atoms with E-state index < -0.39 is 17.5 Å². The Labute approximate surface area is 121 Å². The lowest BCUT2D eigenvalue weighted by Gasteiger charge is -2.13. The molecular weight excluding hydrogens is 279 g/mol. The normalized spacial score (nSPS) is 10.7. The first-order valence-corrected chi connectivity index (χ1v) is 6.72. The van der Waals surface area contributed by atoms with Crippen molar-refractivity contribution in [1.82, 2.24) is 5.32 Å². The van der Waals surface area contributed by atoms with Gasteiger partial charge in [-0.1, -0.05) is 19.1 Å². The van der Waals surface area contributed by atoms with E-state index in [1.165, 1.54) is 6.07 Å². The van der Waals surface area contributed by atoms with Gasteiger partial charge in [0.25, 0.3) is 0 Å². The Morgan fingerprint density at radius 3 is 2.43 bits per heavy atom. The maximum Gasteiger partial charge on any atom is 0.167 e. The van der Waals surface area contributed by atoms with Crippen molar-refractivity contribution in [1.29, 1.82) is 0 Å². The topological polar surface area (TPSA) is 21.3 Å². The lowest BCUT2D eigenvalue weighted by atomic mass is 10.2. The minimum absolute atomic E-state index is 0.0221. The molecule has 0 aliphatic heterocycles. The zero-order chi connectivity index (χ0) is 15.2. The van der Waals surface area contributed by atoms with Crippen LogP contribution in [0.15, 0.2) is 36.4 Å². The summed E-state index contributed by atoms with van der Waals surface area (Å²) in [6.07, 6.45) is 0.945. The number of benzene rings is 2. The molecule has 21 heavy (non-hydrogen) atoms. The maximum atomic E-state index is 13.9. The standard InChI is InChI=1S/C16H16F3NO/c1-2-6-20-10-11-4-3-5-15(19)16(11)21-14-8-12(17)7-13(18)9-14/h3-5,7-9,20H,2,6,10H2,1H3. The second-order valence-corrected chi connectivity index (χ2v) is 4.61. The first-order valence-electron chi connectivity index (χ1n) is 6.72. The van der Waals surface area contributed by atoms with Gasteiger partial charge >= 0.3 is 0 Å². The molecule has 0 amide bonds. The van der Waals surface area contributed by atoms with Gasteiger partial charge in [-0.25, -0.2) is 13.2 Å². The molecule has 0 atom stereocenters. The summed E-state index contributed by atoms with van der Waals surface area (Å²) >= 11 is 0. The first kappa shape index (κ1) is 15.4. The third kappa shape index (κ3) is 4.23. The van der Waals surface area contributed by atoms with Crippen LogP contribution in [-0.4, -0.2) is 6.54 Å². The Bertz CT molecular complexity index is 596. The van der Waals surface area contributed by atoms with Crippen LogP contribution in [0.1, 0.15) is 18.9 Å². The van der Waals surface area contributed by atoms with Crippen LogP contribution in [-0.2, 0) is 6.54 Å². The second kappa shape index (κ2) is 7.13. The smallest absolute Gasteiger partial charge is 0.167 e. The van der Waals surface area contributed by atoms with Gasteiger partial charge < -0.3 is 10.1 Å². The van der Waals surface area contributed by atoms with Crippen molar-refractivity contribution in [3.8, 4) is 11.5 Å². The van der Waals surface area contributed by atoms with E-state index in [4.69, 9.17) is 4.74 Å². The summed E-state index contributed by atoms with van der Waals surface area (Å²) in [6, 6.07) is 7.28. The molecule has 0 aliphatic carbocycles. The number of hydrogen-bond donors (Lipinski definition) is 1. The third-order valence-electron chi connectivity index (χ3n) is 2.85. The zero-order valence-electron chi connectivity index (χ0n) is 11.6. The lowest BCUT2D eigenvalue weighted by Crippen LogP contribution is -2.14. The largest absolute Gasteiger partial charge is 0.454 e. The first-order chi connectivity index (χ1) is 10.1. The Morgan fingerprint density at radius 2 is 1.76 bits per heavy atom. The highest BCUT2D eigenvalue weighted by Gasteiger charge is 2.12. The van der Waals surface area contributed by atoms with Gasteiger partial charge in [0.2, 0.25) is 0 Å². The average molecular weight is 295 g/mol. The van der Waals surface area contributed by atoms with E-state index in [1.807, 2.05) is 6.92 Å². The number of nitrogens with one attached hydrogen (secondary N) is 1. The second-order valence-electron chi connectivity index (χ2n) is 4.61. The van der Waals surface area contributed by atoms with Crippen LogP contribution in [0.4, 0.5) is 13.2 Å². The van der Waals surface area contributed by atoms with Crippen LogP contribution in [0.3, 0.4) is 0 Å². The number of para-hydroxylation sites is 1. The number of hydrogen-bond acceptors (Lipinski definition) is 2. The highest BCUT2D eigenvalue weighted by atomic mass is 19.1. The molecule has 2 rings (SSSR count). The summed E-state index contributed by atoms with van der Waals surface area (Å²) in [5.41, 5.74) is 0.591. The van der Waals surface area contributed by atoms with Crippen molar-refractivity contribution in [2.24, 2.45) is 0 Å². The molecule has 0 aromatic heterocycles. The molecule has 112 valence electrons. The van der Waals surface area contributed by atoms with E-state index in [0.717, 1.165) is 31.2 Å². The van der Waals surface area contributed by atoms with Crippen LogP contribution >= 0.6 is 0 Å². The monoisotopic (exact) mass is 295 g/mol. The highest BCUT2D eigenvalue weighted by molar-refractivity contribution is 5.39. The fourth-order valence-electron chi connectivity index (χ4n) is 1.91. The molecule has 2 nitrogen and oxygen atoms in total. The molecule has 2 aromatic carbocycles. The lowest BCUT2D eigenvalue weighted by molar-refractivity contribution is 0.426. The van der Waals surface area contributed by atoms with Crippen molar-refractivity contribution in [2.45, 2.75) is 19.9 Å². The predicted octanol–water partition coefficient (Wildman–Crippen LogP) is 4.40. The van der Waals surface area contributed by atoms with Crippen molar-refractivity contribution in [3.05, 3.63) is 59.4 Å². The quantitative estimate of drug-likeness (QED) is 0.798. The highest BCUT2D eigenvalue weighted by Crippen LogP contribution is 2.29. The van der Waals surface area contributed by atoms with Crippen molar-refractivity contribution >= 4 is 0 Å². The Kier molecular flexibility index (Phi) is 5.22. The Hall–Kier alpha value is -2.01. The summed E-state index contributed by atoms with van der Waals surface area (Å²) in [5.74, 6) is -2.21. The fraction of sp³-hybridized carbons (Fsp3) is 0.250. The molecule has 0 unspecified atom stereocenters. The zero-order valence-corrected chi connectivity index (χ0v) is 11.6. The molecule has 2 aromatic rings. The van der Waals surface area contributed by atoms with Crippen LogP contribution in [0, 0.1) is 17.5 Å². The van der Waals surface area contributed by atoms with Crippen molar-refractivity contribution in [2.75, 3.05) is 6.54 Å². The van der Waals surface area contributed by atoms with Gasteiger partial charge in [-0.15, -0.1) is 0 Å². The average Bonchev–Trinajstić information content (AvgIpc) is 2.41.